The van der Waals surface area contributed by atoms with Gasteiger partial charge in [0, 0.05) is 5.56 Å². The van der Waals surface area contributed by atoms with Gasteiger partial charge in [-0.2, -0.15) is 0 Å². The van der Waals surface area contributed by atoms with E-state index in [2.05, 4.69) is 6.92 Å². The Hall–Kier alpha value is -0.860. The van der Waals surface area contributed by atoms with Gasteiger partial charge in [-0.25, -0.2) is 0 Å². The summed E-state index contributed by atoms with van der Waals surface area (Å²) in [7, 11) is 0. The fourth-order valence-electron chi connectivity index (χ4n) is 1.25. The van der Waals surface area contributed by atoms with Gasteiger partial charge in [-0.3, -0.25) is 0 Å². The molecule has 2 nitrogen and oxygen atoms in total. The number of unbranched alkanes of at least 4 members (excludes halogenated alkanes) is 1. The van der Waals surface area contributed by atoms with Crippen molar-refractivity contribution in [2.75, 3.05) is 6.61 Å². The zero-order valence-electron chi connectivity index (χ0n) is 8.86. The van der Waals surface area contributed by atoms with Gasteiger partial charge in [0.05, 0.1) is 6.61 Å². The highest BCUT2D eigenvalue weighted by Gasteiger charge is 2.22. The maximum Gasteiger partial charge on any atom is 0.189 e. The van der Waals surface area contributed by atoms with E-state index in [0.717, 1.165) is 18.4 Å². The van der Waals surface area contributed by atoms with Crippen molar-refractivity contribution >= 4 is 0 Å². The number of ether oxygens (including phenoxy) is 1. The molecule has 0 amide bonds. The van der Waals surface area contributed by atoms with Crippen LogP contribution in [0.3, 0.4) is 0 Å². The predicted octanol–water partition coefficient (Wildman–Crippen LogP) is 2.67. The van der Waals surface area contributed by atoms with Crippen molar-refractivity contribution in [1.29, 1.82) is 0 Å². The Morgan fingerprint density at radius 1 is 1.29 bits per heavy atom. The van der Waals surface area contributed by atoms with E-state index >= 15 is 0 Å². The third kappa shape index (κ3) is 3.13. The van der Waals surface area contributed by atoms with Crippen LogP contribution >= 0.6 is 0 Å². The first-order chi connectivity index (χ1) is 6.67. The number of benzene rings is 1. The standard InChI is InChI=1S/C12H18O2/c1-3-4-10-14-12(2,13)11-8-6-5-7-9-11/h5-9,13H,3-4,10H2,1-2H3. The number of aliphatic hydroxyl groups is 1. The minimum atomic E-state index is -1.16. The Morgan fingerprint density at radius 2 is 1.93 bits per heavy atom. The third-order valence-electron chi connectivity index (χ3n) is 2.19. The van der Waals surface area contributed by atoms with E-state index in [4.69, 9.17) is 4.74 Å². The second-order valence-corrected chi connectivity index (χ2v) is 3.55. The van der Waals surface area contributed by atoms with Crippen LogP contribution in [-0.4, -0.2) is 11.7 Å². The van der Waals surface area contributed by atoms with Crippen LogP contribution in [0.2, 0.25) is 0 Å². The molecule has 0 bridgehead atoms. The molecule has 0 saturated heterocycles. The number of hydrogen-bond donors (Lipinski definition) is 1. The highest BCUT2D eigenvalue weighted by Crippen LogP contribution is 2.21. The Labute approximate surface area is 85.5 Å². The minimum absolute atomic E-state index is 0.596. The molecule has 0 saturated carbocycles. The lowest BCUT2D eigenvalue weighted by atomic mass is 10.1. The highest BCUT2D eigenvalue weighted by molar-refractivity contribution is 5.18. The molecular weight excluding hydrogens is 176 g/mol. The Morgan fingerprint density at radius 3 is 2.50 bits per heavy atom. The first-order valence-electron chi connectivity index (χ1n) is 5.08. The fraction of sp³-hybridized carbons (Fsp3) is 0.500. The summed E-state index contributed by atoms with van der Waals surface area (Å²) in [5, 5.41) is 9.99. The first kappa shape index (κ1) is 11.2. The van der Waals surface area contributed by atoms with E-state index < -0.39 is 5.79 Å². The van der Waals surface area contributed by atoms with Gasteiger partial charge in [-0.15, -0.1) is 0 Å². The average molecular weight is 194 g/mol. The van der Waals surface area contributed by atoms with Crippen LogP contribution in [0, 0.1) is 0 Å². The Bertz CT molecular complexity index is 254. The van der Waals surface area contributed by atoms with E-state index in [9.17, 15) is 5.11 Å². The summed E-state index contributed by atoms with van der Waals surface area (Å²) in [5.41, 5.74) is 0.802. The lowest BCUT2D eigenvalue weighted by Crippen LogP contribution is -2.25. The summed E-state index contributed by atoms with van der Waals surface area (Å²) in [6.45, 7) is 4.37. The molecule has 0 fully saturated rings. The molecule has 0 heterocycles. The lowest BCUT2D eigenvalue weighted by molar-refractivity contribution is -0.199. The molecule has 2 heteroatoms. The fourth-order valence-corrected chi connectivity index (χ4v) is 1.25. The maximum atomic E-state index is 9.99. The van der Waals surface area contributed by atoms with Gasteiger partial charge < -0.3 is 9.84 Å². The second-order valence-electron chi connectivity index (χ2n) is 3.55. The summed E-state index contributed by atoms with van der Waals surface area (Å²) in [6.07, 6.45) is 2.05. The van der Waals surface area contributed by atoms with Gasteiger partial charge in [-0.1, -0.05) is 43.7 Å². The van der Waals surface area contributed by atoms with Gasteiger partial charge in [0.2, 0.25) is 0 Å². The van der Waals surface area contributed by atoms with Crippen LogP contribution in [0.1, 0.15) is 32.3 Å². The molecule has 14 heavy (non-hydrogen) atoms. The summed E-state index contributed by atoms with van der Waals surface area (Å²) in [4.78, 5) is 0. The van der Waals surface area contributed by atoms with Crippen LogP contribution < -0.4 is 0 Å². The molecule has 0 aliphatic rings. The largest absolute Gasteiger partial charge is 0.362 e. The summed E-state index contributed by atoms with van der Waals surface area (Å²) >= 11 is 0. The van der Waals surface area contributed by atoms with Gasteiger partial charge in [0.1, 0.15) is 0 Å². The highest BCUT2D eigenvalue weighted by atomic mass is 16.6. The molecule has 0 aromatic heterocycles. The molecule has 0 aliphatic heterocycles. The zero-order valence-corrected chi connectivity index (χ0v) is 8.86. The van der Waals surface area contributed by atoms with Gasteiger partial charge in [0.25, 0.3) is 0 Å². The molecule has 1 aromatic rings. The van der Waals surface area contributed by atoms with Crippen molar-refractivity contribution in [2.45, 2.75) is 32.5 Å². The molecule has 1 N–H and O–H groups in total. The molecule has 1 aromatic carbocycles. The van der Waals surface area contributed by atoms with Gasteiger partial charge in [0.15, 0.2) is 5.79 Å². The van der Waals surface area contributed by atoms with E-state index in [1.165, 1.54) is 0 Å². The predicted molar refractivity (Wildman–Crippen MR) is 56.9 cm³/mol. The van der Waals surface area contributed by atoms with Crippen molar-refractivity contribution in [2.24, 2.45) is 0 Å². The average Bonchev–Trinajstić information content (AvgIpc) is 2.19. The first-order valence-corrected chi connectivity index (χ1v) is 5.08. The monoisotopic (exact) mass is 194 g/mol. The maximum absolute atomic E-state index is 9.99. The molecule has 1 unspecified atom stereocenters. The molecule has 78 valence electrons. The van der Waals surface area contributed by atoms with Crippen molar-refractivity contribution < 1.29 is 9.84 Å². The zero-order chi connectivity index (χ0) is 10.4. The Balaban J connectivity index is 2.56. The van der Waals surface area contributed by atoms with Crippen LogP contribution in [0.25, 0.3) is 0 Å². The summed E-state index contributed by atoms with van der Waals surface area (Å²) in [5.74, 6) is -1.16. The third-order valence-corrected chi connectivity index (χ3v) is 2.19. The van der Waals surface area contributed by atoms with Crippen LogP contribution in [0.5, 0.6) is 0 Å². The molecule has 0 spiro atoms. The number of hydrogen-bond acceptors (Lipinski definition) is 2. The second kappa shape index (κ2) is 5.13. The smallest absolute Gasteiger partial charge is 0.189 e. The van der Waals surface area contributed by atoms with Crippen LogP contribution in [0.4, 0.5) is 0 Å². The minimum Gasteiger partial charge on any atom is -0.362 e. The van der Waals surface area contributed by atoms with Crippen LogP contribution in [0.15, 0.2) is 30.3 Å². The van der Waals surface area contributed by atoms with Crippen molar-refractivity contribution in [3.63, 3.8) is 0 Å². The molecule has 1 atom stereocenters. The van der Waals surface area contributed by atoms with Crippen molar-refractivity contribution in [1.82, 2.24) is 0 Å². The SMILES string of the molecule is CCCCOC(C)(O)c1ccccc1. The van der Waals surface area contributed by atoms with E-state index in [1.807, 2.05) is 30.3 Å². The normalized spacial score (nSPS) is 15.1. The van der Waals surface area contributed by atoms with E-state index in [0.29, 0.717) is 6.61 Å². The summed E-state index contributed by atoms with van der Waals surface area (Å²) in [6, 6.07) is 9.45. The van der Waals surface area contributed by atoms with Crippen LogP contribution in [-0.2, 0) is 10.5 Å². The van der Waals surface area contributed by atoms with Crippen molar-refractivity contribution in [3.05, 3.63) is 35.9 Å². The molecular formula is C12H18O2. The molecule has 1 rings (SSSR count). The summed E-state index contributed by atoms with van der Waals surface area (Å²) < 4.78 is 5.41. The molecule has 0 aliphatic carbocycles. The quantitative estimate of drug-likeness (QED) is 0.577. The van der Waals surface area contributed by atoms with Gasteiger partial charge >= 0.3 is 0 Å². The molecule has 0 radical (unpaired) electrons. The topological polar surface area (TPSA) is 29.5 Å². The van der Waals surface area contributed by atoms with Crippen molar-refractivity contribution in [3.8, 4) is 0 Å². The lowest BCUT2D eigenvalue weighted by Gasteiger charge is -2.24. The Kier molecular flexibility index (Phi) is 4.11. The van der Waals surface area contributed by atoms with E-state index in [1.54, 1.807) is 6.92 Å². The van der Waals surface area contributed by atoms with E-state index in [-0.39, 0.29) is 0 Å². The number of rotatable bonds is 5. The van der Waals surface area contributed by atoms with Gasteiger partial charge in [-0.05, 0) is 13.3 Å².